The molecule has 0 saturated carbocycles. The van der Waals surface area contributed by atoms with Gasteiger partial charge in [0.25, 0.3) is 0 Å². The average molecular weight is 863 g/mol. The topological polar surface area (TPSA) is 53.1 Å². The molecule has 1 aliphatic carbocycles. The minimum absolute atomic E-state index is 0. The summed E-state index contributed by atoms with van der Waals surface area (Å²) in [6, 6.07) is 53.3. The molecule has 11 rings (SSSR count). The van der Waals surface area contributed by atoms with Crippen molar-refractivity contribution in [1.82, 2.24) is 14.5 Å². The van der Waals surface area contributed by atoms with Gasteiger partial charge in [0.1, 0.15) is 11.4 Å². The zero-order valence-corrected chi connectivity index (χ0v) is 30.6. The fourth-order valence-electron chi connectivity index (χ4n) is 8.27. The van der Waals surface area contributed by atoms with Crippen LogP contribution < -0.4 is 4.74 Å². The molecule has 0 N–H and O–H groups in total. The third-order valence-corrected chi connectivity index (χ3v) is 10.6. The second-order valence-electron chi connectivity index (χ2n) is 13.6. The van der Waals surface area contributed by atoms with Crippen LogP contribution in [0.25, 0.3) is 71.6 Å². The molecule has 10 aromatic rings. The molecule has 1 unspecified atom stereocenters. The molecule has 1 aliphatic rings. The summed E-state index contributed by atoms with van der Waals surface area (Å²) in [6.45, 7) is 0. The van der Waals surface area contributed by atoms with Gasteiger partial charge in [-0.3, -0.25) is 0 Å². The number of para-hydroxylation sites is 1. The van der Waals surface area contributed by atoms with E-state index in [1.54, 1.807) is 0 Å². The first-order valence-corrected chi connectivity index (χ1v) is 17.6. The number of hydrogen-bond acceptors (Lipinski definition) is 4. The average Bonchev–Trinajstić information content (AvgIpc) is 3.90. The molecule has 4 aromatic heterocycles. The predicted octanol–water partition coefficient (Wildman–Crippen LogP) is 11.6. The van der Waals surface area contributed by atoms with E-state index >= 15 is 0 Å². The largest absolute Gasteiger partial charge is 2.00 e. The molecule has 6 aromatic carbocycles. The molecule has 254 valence electrons. The van der Waals surface area contributed by atoms with Gasteiger partial charge in [0.05, 0.1) is 5.58 Å². The molecular weight excluding hydrogens is 834 g/mol. The van der Waals surface area contributed by atoms with Crippen molar-refractivity contribution in [2.24, 2.45) is 0 Å². The number of furan rings is 1. The molecule has 6 heteroatoms. The zero-order chi connectivity index (χ0) is 34.2. The predicted molar refractivity (Wildman–Crippen MR) is 207 cm³/mol. The first-order valence-electron chi connectivity index (χ1n) is 17.6. The fraction of sp³-hybridized carbons (Fsp3) is 0.0638. The van der Waals surface area contributed by atoms with E-state index in [9.17, 15) is 0 Å². The molecule has 0 amide bonds. The van der Waals surface area contributed by atoms with Crippen LogP contribution >= 0.6 is 0 Å². The number of aromatic nitrogens is 3. The SMILES string of the molecule is [Pt+2].[c-]1c(Oc2[c-]c3c(cc2)c2ccccc2n3-c2ccccn2)cc2c(oc3ccc4ccccc4c32)c1-c1nccc2c1CC(c1ccccc1)C2. The molecule has 0 aliphatic heterocycles. The van der Waals surface area contributed by atoms with Crippen LogP contribution in [-0.2, 0) is 33.9 Å². The number of nitrogens with zero attached hydrogens (tertiary/aromatic N) is 3. The maximum atomic E-state index is 6.77. The molecule has 4 heterocycles. The Labute approximate surface area is 319 Å². The first-order chi connectivity index (χ1) is 25.8. The third kappa shape index (κ3) is 5.10. The number of hydrogen-bond donors (Lipinski definition) is 0. The van der Waals surface area contributed by atoms with Crippen LogP contribution in [0.5, 0.6) is 11.5 Å². The Morgan fingerprint density at radius 3 is 2.38 bits per heavy atom. The molecule has 0 fully saturated rings. The van der Waals surface area contributed by atoms with Gasteiger partial charge in [-0.1, -0.05) is 119 Å². The molecule has 0 spiro atoms. The van der Waals surface area contributed by atoms with Gasteiger partial charge in [0.15, 0.2) is 0 Å². The summed E-state index contributed by atoms with van der Waals surface area (Å²) >= 11 is 0. The van der Waals surface area contributed by atoms with E-state index in [2.05, 4.69) is 126 Å². The van der Waals surface area contributed by atoms with E-state index in [0.717, 1.165) is 84.4 Å². The quantitative estimate of drug-likeness (QED) is 0.162. The second-order valence-corrected chi connectivity index (χ2v) is 13.6. The van der Waals surface area contributed by atoms with Crippen LogP contribution in [0.1, 0.15) is 22.6 Å². The maximum Gasteiger partial charge on any atom is 2.00 e. The van der Waals surface area contributed by atoms with Gasteiger partial charge in [-0.05, 0) is 82.1 Å². The molecule has 0 radical (unpaired) electrons. The fourth-order valence-corrected chi connectivity index (χ4v) is 8.27. The summed E-state index contributed by atoms with van der Waals surface area (Å²) in [5, 5.41) is 6.52. The number of benzene rings is 6. The van der Waals surface area contributed by atoms with Crippen molar-refractivity contribution in [1.29, 1.82) is 0 Å². The molecule has 53 heavy (non-hydrogen) atoms. The minimum atomic E-state index is 0. The van der Waals surface area contributed by atoms with Gasteiger partial charge in [0.2, 0.25) is 0 Å². The van der Waals surface area contributed by atoms with Crippen LogP contribution in [0.2, 0.25) is 0 Å². The van der Waals surface area contributed by atoms with Gasteiger partial charge in [-0.15, -0.1) is 17.5 Å². The standard InChI is InChI=1S/C47H29N3O2.Pt/c1-2-10-29(11-3-1)32-24-31-21-23-49-46(38(31)25-32)40-27-34(26-39-45-35-13-5-4-12-30(35)17-20-43(45)52-47(39)40)51-33-18-19-37-36-14-6-7-15-41(36)50(42(37)28-33)44-16-8-9-22-48-44;/h1-23,26,32H,24-25H2;/q-2;+2. The minimum Gasteiger partial charge on any atom is -0.503 e. The number of rotatable bonds is 5. The Hall–Kier alpha value is -6.03. The third-order valence-electron chi connectivity index (χ3n) is 10.6. The van der Waals surface area contributed by atoms with Crippen molar-refractivity contribution in [2.45, 2.75) is 18.8 Å². The van der Waals surface area contributed by atoms with Crippen LogP contribution in [-0.4, -0.2) is 14.5 Å². The number of fused-ring (bicyclic) bond motifs is 9. The van der Waals surface area contributed by atoms with Gasteiger partial charge in [-0.2, -0.15) is 6.07 Å². The summed E-state index contributed by atoms with van der Waals surface area (Å²) in [7, 11) is 0. The molecule has 0 bridgehead atoms. The summed E-state index contributed by atoms with van der Waals surface area (Å²) in [6.07, 6.45) is 5.61. The van der Waals surface area contributed by atoms with Crippen molar-refractivity contribution in [3.63, 3.8) is 0 Å². The maximum absolute atomic E-state index is 6.77. The van der Waals surface area contributed by atoms with E-state index in [1.165, 1.54) is 16.7 Å². The van der Waals surface area contributed by atoms with Gasteiger partial charge in [0, 0.05) is 34.8 Å². The number of pyridine rings is 2. The Kier molecular flexibility index (Phi) is 7.52. The van der Waals surface area contributed by atoms with E-state index in [-0.39, 0.29) is 21.1 Å². The van der Waals surface area contributed by atoms with E-state index in [4.69, 9.17) is 19.1 Å². The van der Waals surface area contributed by atoms with Crippen molar-refractivity contribution >= 4 is 54.5 Å². The van der Waals surface area contributed by atoms with E-state index in [1.807, 2.05) is 36.7 Å². The first kappa shape index (κ1) is 31.7. The van der Waals surface area contributed by atoms with Gasteiger partial charge in [-0.25, -0.2) is 4.98 Å². The Morgan fingerprint density at radius 2 is 1.49 bits per heavy atom. The monoisotopic (exact) mass is 862 g/mol. The van der Waals surface area contributed by atoms with Crippen molar-refractivity contribution in [3.05, 3.63) is 175 Å². The Bertz CT molecular complexity index is 3010. The smallest absolute Gasteiger partial charge is 0.503 e. The van der Waals surface area contributed by atoms with Gasteiger partial charge >= 0.3 is 21.1 Å². The van der Waals surface area contributed by atoms with E-state index in [0.29, 0.717) is 17.4 Å². The molecule has 0 saturated heterocycles. The van der Waals surface area contributed by atoms with Crippen LogP contribution in [0, 0.1) is 12.1 Å². The van der Waals surface area contributed by atoms with Crippen LogP contribution in [0.15, 0.2) is 150 Å². The van der Waals surface area contributed by atoms with Crippen molar-refractivity contribution in [3.8, 4) is 28.6 Å². The molecule has 1 atom stereocenters. The molecule has 5 nitrogen and oxygen atoms in total. The van der Waals surface area contributed by atoms with Crippen molar-refractivity contribution in [2.75, 3.05) is 0 Å². The summed E-state index contributed by atoms with van der Waals surface area (Å²) < 4.78 is 15.6. The second kappa shape index (κ2) is 12.6. The summed E-state index contributed by atoms with van der Waals surface area (Å²) in [4.78, 5) is 9.72. The normalized spacial score (nSPS) is 13.9. The van der Waals surface area contributed by atoms with E-state index < -0.39 is 0 Å². The summed E-state index contributed by atoms with van der Waals surface area (Å²) in [5.41, 5.74) is 9.15. The Balaban J connectivity index is 0.00000349. The Morgan fingerprint density at radius 1 is 0.660 bits per heavy atom. The van der Waals surface area contributed by atoms with Crippen molar-refractivity contribution < 1.29 is 30.2 Å². The van der Waals surface area contributed by atoms with Gasteiger partial charge < -0.3 is 18.7 Å². The van der Waals surface area contributed by atoms with Crippen LogP contribution in [0.3, 0.4) is 0 Å². The number of ether oxygens (including phenoxy) is 1. The summed E-state index contributed by atoms with van der Waals surface area (Å²) in [5.74, 6) is 2.38. The molecular formula is C47H29N3O2Pt. The zero-order valence-electron chi connectivity index (χ0n) is 28.3. The van der Waals surface area contributed by atoms with Crippen LogP contribution in [0.4, 0.5) is 0 Å².